The van der Waals surface area contributed by atoms with Gasteiger partial charge in [-0.25, -0.2) is 4.79 Å². The van der Waals surface area contributed by atoms with Crippen LogP contribution in [0.15, 0.2) is 121 Å². The van der Waals surface area contributed by atoms with Gasteiger partial charge in [0, 0.05) is 6.42 Å². The SMILES string of the molecule is CCOC(=O)[C@]12C[C@@H](O)[C@H](O1)[C@H]([C@@H](CO[Si](c1ccccc1)(c1ccccc1)C(C)(C)C)O[Si](c1ccccc1)(c1ccccc1)C(C)(C)C)O2. The highest BCUT2D eigenvalue weighted by molar-refractivity contribution is 7.00. The number of aliphatic hydroxyl groups excluding tert-OH is 1. The van der Waals surface area contributed by atoms with Gasteiger partial charge in [-0.05, 0) is 37.7 Å². The first-order chi connectivity index (χ1) is 24.3. The van der Waals surface area contributed by atoms with Gasteiger partial charge in [0.2, 0.25) is 0 Å². The summed E-state index contributed by atoms with van der Waals surface area (Å²) < 4.78 is 33.8. The van der Waals surface area contributed by atoms with Gasteiger partial charge in [0.15, 0.2) is 0 Å². The summed E-state index contributed by atoms with van der Waals surface area (Å²) in [6.45, 7) is 15.5. The normalized spacial score (nSPS) is 22.9. The second-order valence-electron chi connectivity index (χ2n) is 15.7. The molecule has 2 aliphatic heterocycles. The molecule has 9 heteroatoms. The number of aliphatic hydroxyl groups is 1. The highest BCUT2D eigenvalue weighted by Crippen LogP contribution is 2.47. The second-order valence-corrected chi connectivity index (χ2v) is 24.3. The van der Waals surface area contributed by atoms with Gasteiger partial charge in [-0.2, -0.15) is 0 Å². The molecule has 51 heavy (non-hydrogen) atoms. The maximum atomic E-state index is 13.4. The zero-order valence-corrected chi connectivity index (χ0v) is 32.9. The first-order valence-electron chi connectivity index (χ1n) is 18.0. The van der Waals surface area contributed by atoms with E-state index in [1.165, 1.54) is 0 Å². The van der Waals surface area contributed by atoms with Crippen LogP contribution in [0.25, 0.3) is 0 Å². The molecule has 2 bridgehead atoms. The fraction of sp³-hybridized carbons (Fsp3) is 0.405. The molecule has 0 aliphatic carbocycles. The van der Waals surface area contributed by atoms with Crippen LogP contribution < -0.4 is 20.7 Å². The van der Waals surface area contributed by atoms with Crippen molar-refractivity contribution in [3.05, 3.63) is 121 Å². The number of hydrogen-bond acceptors (Lipinski definition) is 7. The van der Waals surface area contributed by atoms with Crippen molar-refractivity contribution in [3.63, 3.8) is 0 Å². The Morgan fingerprint density at radius 1 is 0.725 bits per heavy atom. The molecule has 4 aromatic rings. The summed E-state index contributed by atoms with van der Waals surface area (Å²) in [6.07, 6.45) is -3.34. The molecule has 2 fully saturated rings. The lowest BCUT2D eigenvalue weighted by atomic mass is 9.98. The number of carbonyl (C=O) groups is 1. The van der Waals surface area contributed by atoms with Crippen molar-refractivity contribution in [2.75, 3.05) is 13.2 Å². The Morgan fingerprint density at radius 2 is 1.14 bits per heavy atom. The molecule has 2 heterocycles. The smallest absolute Gasteiger partial charge is 0.366 e. The van der Waals surface area contributed by atoms with E-state index in [9.17, 15) is 9.90 Å². The van der Waals surface area contributed by atoms with Crippen LogP contribution in [0.5, 0.6) is 0 Å². The van der Waals surface area contributed by atoms with E-state index in [2.05, 4.69) is 139 Å². The van der Waals surface area contributed by atoms with Crippen LogP contribution in [-0.4, -0.2) is 71.1 Å². The quantitative estimate of drug-likeness (QED) is 0.157. The number of carbonyl (C=O) groups excluding carboxylic acids is 1. The van der Waals surface area contributed by atoms with Gasteiger partial charge in [-0.15, -0.1) is 0 Å². The Morgan fingerprint density at radius 3 is 1.53 bits per heavy atom. The van der Waals surface area contributed by atoms with E-state index in [1.807, 2.05) is 24.3 Å². The van der Waals surface area contributed by atoms with E-state index < -0.39 is 52.8 Å². The van der Waals surface area contributed by atoms with E-state index in [0.717, 1.165) is 20.7 Å². The summed E-state index contributed by atoms with van der Waals surface area (Å²) in [5, 5.41) is 15.3. The third kappa shape index (κ3) is 6.70. The van der Waals surface area contributed by atoms with Crippen LogP contribution in [-0.2, 0) is 27.9 Å². The summed E-state index contributed by atoms with van der Waals surface area (Å²) >= 11 is 0. The van der Waals surface area contributed by atoms with Crippen molar-refractivity contribution >= 4 is 43.4 Å². The van der Waals surface area contributed by atoms with Crippen molar-refractivity contribution in [2.24, 2.45) is 0 Å². The monoisotopic (exact) mass is 724 g/mol. The zero-order valence-electron chi connectivity index (χ0n) is 30.9. The van der Waals surface area contributed by atoms with E-state index in [4.69, 9.17) is 23.1 Å². The van der Waals surface area contributed by atoms with Crippen LogP contribution in [0.1, 0.15) is 54.9 Å². The summed E-state index contributed by atoms with van der Waals surface area (Å²) in [4.78, 5) is 13.4. The number of rotatable bonds is 12. The van der Waals surface area contributed by atoms with Crippen molar-refractivity contribution in [2.45, 2.75) is 95.2 Å². The maximum absolute atomic E-state index is 13.4. The Labute approximate surface area is 305 Å². The molecular formula is C42H52O7Si2. The van der Waals surface area contributed by atoms with Gasteiger partial charge >= 0.3 is 5.97 Å². The summed E-state index contributed by atoms with van der Waals surface area (Å²) in [7, 11) is -6.24. The summed E-state index contributed by atoms with van der Waals surface area (Å²) in [5.41, 5.74) is 0. The summed E-state index contributed by atoms with van der Waals surface area (Å²) in [5.74, 6) is -2.35. The number of fused-ring (bicyclic) bond motifs is 2. The highest BCUT2D eigenvalue weighted by atomic mass is 28.4. The molecule has 4 aromatic carbocycles. The molecule has 0 amide bonds. The number of benzene rings is 4. The second kappa shape index (κ2) is 14.5. The Bertz CT molecular complexity index is 1660. The minimum atomic E-state index is -3.19. The average Bonchev–Trinajstić information content (AvgIpc) is 3.67. The van der Waals surface area contributed by atoms with Crippen LogP contribution >= 0.6 is 0 Å². The first-order valence-corrected chi connectivity index (χ1v) is 21.9. The van der Waals surface area contributed by atoms with Gasteiger partial charge in [0.1, 0.15) is 12.2 Å². The molecule has 2 aliphatic rings. The Balaban J connectivity index is 1.53. The standard InChI is InChI=1S/C42H52O7Si2/c1-8-45-39(44)42-29-35(43)37(47-42)38(48-42)36(49-51(41(5,6)7,33-25-17-11-18-26-33)34-27-19-12-20-28-34)30-46-50(40(2,3)4,31-21-13-9-14-22-31)32-23-15-10-16-24-32/h9-28,35-38,43H,8,29-30H2,1-7H3/t35-,36-,37+,38+,42-/m1/s1. The van der Waals surface area contributed by atoms with Crippen molar-refractivity contribution in [3.8, 4) is 0 Å². The first kappa shape index (κ1) is 37.3. The van der Waals surface area contributed by atoms with Crippen molar-refractivity contribution < 1.29 is 33.0 Å². The maximum Gasteiger partial charge on any atom is 0.366 e. The fourth-order valence-corrected chi connectivity index (χ4v) is 17.4. The van der Waals surface area contributed by atoms with Gasteiger partial charge in [-0.3, -0.25) is 0 Å². The lowest BCUT2D eigenvalue weighted by Gasteiger charge is -2.48. The lowest BCUT2D eigenvalue weighted by molar-refractivity contribution is -0.213. The highest BCUT2D eigenvalue weighted by Gasteiger charge is 2.66. The Hall–Kier alpha value is -3.42. The van der Waals surface area contributed by atoms with Crippen LogP contribution in [0, 0.1) is 0 Å². The third-order valence-electron chi connectivity index (χ3n) is 10.4. The minimum Gasteiger partial charge on any atom is -0.462 e. The molecular weight excluding hydrogens is 673 g/mol. The van der Waals surface area contributed by atoms with Gasteiger partial charge < -0.3 is 28.2 Å². The molecule has 7 nitrogen and oxygen atoms in total. The van der Waals surface area contributed by atoms with E-state index in [-0.39, 0.29) is 29.7 Å². The van der Waals surface area contributed by atoms with Gasteiger partial charge in [0.05, 0.1) is 25.4 Å². The molecule has 0 aromatic heterocycles. The van der Waals surface area contributed by atoms with Crippen molar-refractivity contribution in [1.82, 2.24) is 0 Å². The predicted molar refractivity (Wildman–Crippen MR) is 206 cm³/mol. The molecule has 1 N–H and O–H groups in total. The number of hydrogen-bond donors (Lipinski definition) is 1. The lowest BCUT2D eigenvalue weighted by Crippen LogP contribution is -2.71. The molecule has 5 atom stereocenters. The fourth-order valence-electron chi connectivity index (χ4n) is 8.18. The predicted octanol–water partition coefficient (Wildman–Crippen LogP) is 5.32. The number of ether oxygens (including phenoxy) is 3. The van der Waals surface area contributed by atoms with Crippen LogP contribution in [0.4, 0.5) is 0 Å². The molecule has 6 rings (SSSR count). The summed E-state index contributed by atoms with van der Waals surface area (Å²) in [6, 6.07) is 41.9. The van der Waals surface area contributed by atoms with E-state index >= 15 is 0 Å². The van der Waals surface area contributed by atoms with Crippen LogP contribution in [0.2, 0.25) is 10.1 Å². The molecule has 0 unspecified atom stereocenters. The molecule has 270 valence electrons. The van der Waals surface area contributed by atoms with E-state index in [1.54, 1.807) is 6.92 Å². The molecule has 0 radical (unpaired) electrons. The molecule has 0 saturated carbocycles. The number of esters is 1. The average molecular weight is 725 g/mol. The molecule has 0 spiro atoms. The van der Waals surface area contributed by atoms with Gasteiger partial charge in [0.25, 0.3) is 22.4 Å². The van der Waals surface area contributed by atoms with Gasteiger partial charge in [-0.1, -0.05) is 163 Å². The largest absolute Gasteiger partial charge is 0.462 e. The molecule has 2 saturated heterocycles. The Kier molecular flexibility index (Phi) is 10.6. The zero-order chi connectivity index (χ0) is 36.5. The topological polar surface area (TPSA) is 83.5 Å². The van der Waals surface area contributed by atoms with Crippen LogP contribution in [0.3, 0.4) is 0 Å². The minimum absolute atomic E-state index is 0.00546. The van der Waals surface area contributed by atoms with Crippen molar-refractivity contribution in [1.29, 1.82) is 0 Å². The third-order valence-corrected chi connectivity index (χ3v) is 20.5. The van der Waals surface area contributed by atoms with E-state index in [0.29, 0.717) is 0 Å².